The number of hydrogen-bond acceptors (Lipinski definition) is 7. The molecule has 1 aromatic heterocycles. The third kappa shape index (κ3) is 3.35. The van der Waals surface area contributed by atoms with E-state index in [-0.39, 0.29) is 16.7 Å². The Balaban J connectivity index is 2.61. The number of nitrogens with two attached hydrogens (primary N) is 1. The maximum atomic E-state index is 12.4. The molecule has 142 valence electrons. The van der Waals surface area contributed by atoms with Crippen molar-refractivity contribution < 1.29 is 25.9 Å². The molecule has 0 aliphatic heterocycles. The summed E-state index contributed by atoms with van der Waals surface area (Å²) in [5.74, 6) is 0. The molecule has 0 amide bonds. The Kier molecular flexibility index (Phi) is 4.19. The molecule has 0 saturated carbocycles. The van der Waals surface area contributed by atoms with Crippen LogP contribution in [-0.4, -0.2) is 35.5 Å². The summed E-state index contributed by atoms with van der Waals surface area (Å²) in [6, 6.07) is 6.03. The Labute approximate surface area is 151 Å². The van der Waals surface area contributed by atoms with Crippen LogP contribution in [-0.2, 0) is 20.2 Å². The molecule has 0 saturated heterocycles. The molecule has 0 spiro atoms. The molecule has 3 aromatic rings. The van der Waals surface area contributed by atoms with Crippen molar-refractivity contribution in [2.45, 2.75) is 9.79 Å². The Morgan fingerprint density at radius 3 is 2.19 bits per heavy atom. The number of rotatable bonds is 3. The summed E-state index contributed by atoms with van der Waals surface area (Å²) in [6.07, 6.45) is 0. The van der Waals surface area contributed by atoms with E-state index in [1.54, 1.807) is 0 Å². The van der Waals surface area contributed by atoms with Gasteiger partial charge in [0.15, 0.2) is 0 Å². The van der Waals surface area contributed by atoms with E-state index in [0.29, 0.717) is 16.7 Å². The summed E-state index contributed by atoms with van der Waals surface area (Å²) in [5.41, 5.74) is 2.81. The van der Waals surface area contributed by atoms with Gasteiger partial charge in [-0.3, -0.25) is 23.3 Å². The lowest BCUT2D eigenvalue weighted by atomic mass is 10.2. The average Bonchev–Trinajstić information content (AvgIpc) is 2.54. The lowest BCUT2D eigenvalue weighted by molar-refractivity contribution is 0.478. The van der Waals surface area contributed by atoms with Crippen LogP contribution in [0.25, 0.3) is 16.7 Å². The van der Waals surface area contributed by atoms with E-state index < -0.39 is 46.8 Å². The number of aromatic nitrogens is 2. The van der Waals surface area contributed by atoms with Crippen molar-refractivity contribution in [1.29, 1.82) is 0 Å². The second kappa shape index (κ2) is 6.02. The molecule has 0 unspecified atom stereocenters. The van der Waals surface area contributed by atoms with Crippen molar-refractivity contribution in [1.82, 2.24) is 9.55 Å². The number of nitrogens with one attached hydrogen (secondary N) is 1. The van der Waals surface area contributed by atoms with Gasteiger partial charge >= 0.3 is 11.1 Å². The molecule has 0 atom stereocenters. The van der Waals surface area contributed by atoms with E-state index in [0.717, 1.165) is 6.07 Å². The highest BCUT2D eigenvalue weighted by Gasteiger charge is 2.23. The molecule has 0 radical (unpaired) electrons. The maximum absolute atomic E-state index is 12.4. The molecule has 3 rings (SSSR count). The quantitative estimate of drug-likeness (QED) is 0.255. The smallest absolute Gasteiger partial charge is 0.321 e. The van der Waals surface area contributed by atoms with Crippen LogP contribution in [0, 0.1) is 0 Å². The molecular formula is C14H11N3O8S2. The first kappa shape index (κ1) is 18.8. The van der Waals surface area contributed by atoms with Gasteiger partial charge in [0.05, 0.1) is 21.6 Å². The van der Waals surface area contributed by atoms with Crippen LogP contribution in [0.5, 0.6) is 0 Å². The predicted octanol–water partition coefficient (Wildman–Crippen LogP) is -0.245. The van der Waals surface area contributed by atoms with E-state index in [4.69, 9.17) is 5.73 Å². The van der Waals surface area contributed by atoms with Crippen LogP contribution >= 0.6 is 0 Å². The number of benzene rings is 2. The van der Waals surface area contributed by atoms with Gasteiger partial charge in [-0.25, -0.2) is 0 Å². The number of fused-ring (bicyclic) bond motifs is 1. The topological polar surface area (TPSA) is 190 Å². The molecule has 1 heterocycles. The van der Waals surface area contributed by atoms with E-state index >= 15 is 0 Å². The minimum atomic E-state index is -4.93. The third-order valence-electron chi connectivity index (χ3n) is 3.66. The fourth-order valence-electron chi connectivity index (χ4n) is 2.52. The summed E-state index contributed by atoms with van der Waals surface area (Å²) in [5, 5.41) is 0. The lowest BCUT2D eigenvalue weighted by Crippen LogP contribution is -2.36. The van der Waals surface area contributed by atoms with E-state index in [9.17, 15) is 35.5 Å². The zero-order valence-corrected chi connectivity index (χ0v) is 14.8. The second-order valence-electron chi connectivity index (χ2n) is 5.45. The molecule has 0 fully saturated rings. The normalized spacial score (nSPS) is 12.4. The second-order valence-corrected chi connectivity index (χ2v) is 8.26. The zero-order valence-electron chi connectivity index (χ0n) is 13.1. The Hall–Kier alpha value is -3.00. The fraction of sp³-hybridized carbons (Fsp3) is 0. The van der Waals surface area contributed by atoms with E-state index in [2.05, 4.69) is 4.98 Å². The van der Waals surface area contributed by atoms with Crippen molar-refractivity contribution in [2.75, 3.05) is 5.73 Å². The highest BCUT2D eigenvalue weighted by atomic mass is 32.2. The molecule has 0 aliphatic rings. The molecule has 0 bridgehead atoms. The Morgan fingerprint density at radius 1 is 0.926 bits per heavy atom. The standard InChI is InChI=1S/C14H11N3O8S2/c15-7-1-3-9-10(5-7)17(14(19)13(18)16-9)11-6-8(26(20,21)22)2-4-12(11)27(23,24)25/h1-6H,15H2,(H,16,18)(H,20,21,22)(H,23,24,25). The van der Waals surface area contributed by atoms with Gasteiger partial charge < -0.3 is 10.7 Å². The third-order valence-corrected chi connectivity index (χ3v) is 5.41. The summed E-state index contributed by atoms with van der Waals surface area (Å²) >= 11 is 0. The van der Waals surface area contributed by atoms with E-state index in [1.807, 2.05) is 0 Å². The minimum Gasteiger partial charge on any atom is -0.399 e. The van der Waals surface area contributed by atoms with Crippen LogP contribution in [0.4, 0.5) is 5.69 Å². The van der Waals surface area contributed by atoms with Gasteiger partial charge in [0.2, 0.25) is 0 Å². The number of H-pyrrole nitrogens is 1. The largest absolute Gasteiger partial charge is 0.399 e. The number of hydrogen-bond donors (Lipinski definition) is 4. The number of anilines is 1. The Bertz CT molecular complexity index is 1420. The molecule has 2 aromatic carbocycles. The average molecular weight is 413 g/mol. The Morgan fingerprint density at radius 2 is 1.59 bits per heavy atom. The minimum absolute atomic E-state index is 0.0583. The number of nitrogens with zero attached hydrogens (tertiary/aromatic N) is 1. The van der Waals surface area contributed by atoms with E-state index in [1.165, 1.54) is 18.2 Å². The summed E-state index contributed by atoms with van der Waals surface area (Å²) in [6.45, 7) is 0. The van der Waals surface area contributed by atoms with Gasteiger partial charge in [0.25, 0.3) is 20.2 Å². The monoisotopic (exact) mass is 413 g/mol. The summed E-state index contributed by atoms with van der Waals surface area (Å²) in [4.78, 5) is 25.0. The van der Waals surface area contributed by atoms with Crippen LogP contribution in [0.2, 0.25) is 0 Å². The highest BCUT2D eigenvalue weighted by molar-refractivity contribution is 7.86. The van der Waals surface area contributed by atoms with Gasteiger partial charge in [-0.15, -0.1) is 0 Å². The first-order valence-corrected chi connectivity index (χ1v) is 9.91. The van der Waals surface area contributed by atoms with Gasteiger partial charge in [-0.1, -0.05) is 0 Å². The van der Waals surface area contributed by atoms with Crippen molar-refractivity contribution in [3.8, 4) is 5.69 Å². The predicted molar refractivity (Wildman–Crippen MR) is 94.2 cm³/mol. The van der Waals surface area contributed by atoms with Gasteiger partial charge in [0, 0.05) is 5.69 Å². The maximum Gasteiger partial charge on any atom is 0.321 e. The van der Waals surface area contributed by atoms with Crippen LogP contribution < -0.4 is 16.9 Å². The van der Waals surface area contributed by atoms with Gasteiger partial charge in [-0.05, 0) is 36.4 Å². The first-order chi connectivity index (χ1) is 12.4. The molecule has 5 N–H and O–H groups in total. The zero-order chi connectivity index (χ0) is 20.1. The fourth-order valence-corrected chi connectivity index (χ4v) is 3.67. The molecule has 0 aliphatic carbocycles. The highest BCUT2D eigenvalue weighted by Crippen LogP contribution is 2.25. The van der Waals surface area contributed by atoms with Crippen LogP contribution in [0.1, 0.15) is 0 Å². The van der Waals surface area contributed by atoms with Crippen molar-refractivity contribution in [2.24, 2.45) is 0 Å². The first-order valence-electron chi connectivity index (χ1n) is 7.03. The number of aromatic amines is 1. The molecule has 11 nitrogen and oxygen atoms in total. The lowest BCUT2D eigenvalue weighted by Gasteiger charge is -2.14. The molecule has 27 heavy (non-hydrogen) atoms. The summed E-state index contributed by atoms with van der Waals surface area (Å²) < 4.78 is 65.5. The number of nitrogen functional groups attached to an aromatic ring is 1. The van der Waals surface area contributed by atoms with Crippen LogP contribution in [0.15, 0.2) is 55.8 Å². The van der Waals surface area contributed by atoms with Gasteiger partial charge in [0.1, 0.15) is 4.90 Å². The molecular weight excluding hydrogens is 402 g/mol. The summed E-state index contributed by atoms with van der Waals surface area (Å²) in [7, 11) is -9.71. The van der Waals surface area contributed by atoms with Crippen LogP contribution in [0.3, 0.4) is 0 Å². The van der Waals surface area contributed by atoms with Crippen molar-refractivity contribution in [3.63, 3.8) is 0 Å². The van der Waals surface area contributed by atoms with Crippen molar-refractivity contribution >= 4 is 37.0 Å². The van der Waals surface area contributed by atoms with Gasteiger partial charge in [-0.2, -0.15) is 16.8 Å². The van der Waals surface area contributed by atoms with Crippen molar-refractivity contribution in [3.05, 3.63) is 57.1 Å². The molecule has 13 heteroatoms. The SMILES string of the molecule is Nc1ccc2[nH]c(=O)c(=O)n(-c3cc(S(=O)(=O)O)ccc3S(=O)(=O)O)c2c1.